The van der Waals surface area contributed by atoms with Crippen LogP contribution in [0.25, 0.3) is 0 Å². The summed E-state index contributed by atoms with van der Waals surface area (Å²) >= 11 is 1.71. The molecule has 5 nitrogen and oxygen atoms in total. The molecule has 0 saturated heterocycles. The van der Waals surface area contributed by atoms with Gasteiger partial charge < -0.3 is 10.2 Å². The molecular formula is C19H24N3O2S+. The molecular weight excluding hydrogens is 334 g/mol. The van der Waals surface area contributed by atoms with Crippen molar-refractivity contribution < 1.29 is 14.5 Å². The first-order chi connectivity index (χ1) is 11.9. The minimum Gasteiger partial charge on any atom is -0.323 e. The van der Waals surface area contributed by atoms with E-state index >= 15 is 0 Å². The van der Waals surface area contributed by atoms with E-state index in [4.69, 9.17) is 0 Å². The van der Waals surface area contributed by atoms with E-state index in [1.54, 1.807) is 30.1 Å². The second-order valence-electron chi connectivity index (χ2n) is 6.80. The fraction of sp³-hybridized carbons (Fsp3) is 0.368. The molecule has 2 amide bonds. The standard InChI is InChI=1S/C19H23N3O2S/c1-4-21(12-14-8-7-11-25-14)13-17(23)22-16-10-6-5-9-15(16)20-18(24)19(22,2)3/h5-11H,4,12-13H2,1-3H3,(H,20,24)/p+1. The predicted octanol–water partition coefficient (Wildman–Crippen LogP) is 1.92. The van der Waals surface area contributed by atoms with Crippen molar-refractivity contribution in [3.05, 3.63) is 46.7 Å². The summed E-state index contributed by atoms with van der Waals surface area (Å²) in [5.74, 6) is -0.184. The van der Waals surface area contributed by atoms with E-state index in [0.29, 0.717) is 12.2 Å². The van der Waals surface area contributed by atoms with E-state index in [1.807, 2.05) is 30.3 Å². The minimum absolute atomic E-state index is 0.0271. The normalized spacial score (nSPS) is 16.9. The molecule has 6 heteroatoms. The van der Waals surface area contributed by atoms with Gasteiger partial charge in [-0.05, 0) is 44.4 Å². The van der Waals surface area contributed by atoms with Crippen molar-refractivity contribution in [2.45, 2.75) is 32.9 Å². The Morgan fingerprint density at radius 1 is 1.24 bits per heavy atom. The molecule has 25 heavy (non-hydrogen) atoms. The molecule has 0 fully saturated rings. The van der Waals surface area contributed by atoms with E-state index in [9.17, 15) is 9.59 Å². The molecule has 0 aliphatic carbocycles. The van der Waals surface area contributed by atoms with E-state index in [2.05, 4.69) is 23.7 Å². The lowest BCUT2D eigenvalue weighted by atomic mass is 9.96. The van der Waals surface area contributed by atoms with E-state index in [0.717, 1.165) is 18.8 Å². The summed E-state index contributed by atoms with van der Waals surface area (Å²) in [6.45, 7) is 7.70. The molecule has 132 valence electrons. The van der Waals surface area contributed by atoms with Crippen molar-refractivity contribution >= 4 is 34.5 Å². The van der Waals surface area contributed by atoms with E-state index in [1.165, 1.54) is 9.78 Å². The summed E-state index contributed by atoms with van der Waals surface area (Å²) in [5, 5.41) is 4.96. The molecule has 1 aliphatic heterocycles. The monoisotopic (exact) mass is 358 g/mol. The molecule has 1 aliphatic rings. The van der Waals surface area contributed by atoms with Gasteiger partial charge in [-0.15, -0.1) is 11.3 Å². The number of quaternary nitrogens is 1. The van der Waals surface area contributed by atoms with Crippen LogP contribution < -0.4 is 15.1 Å². The van der Waals surface area contributed by atoms with Gasteiger partial charge in [0.15, 0.2) is 6.54 Å². The van der Waals surface area contributed by atoms with Crippen LogP contribution in [0.15, 0.2) is 41.8 Å². The molecule has 3 rings (SSSR count). The van der Waals surface area contributed by atoms with Gasteiger partial charge in [0.2, 0.25) is 5.91 Å². The van der Waals surface area contributed by atoms with Gasteiger partial charge in [0.05, 0.1) is 22.8 Å². The third kappa shape index (κ3) is 3.45. The summed E-state index contributed by atoms with van der Waals surface area (Å²) in [6.07, 6.45) is 0. The number of carbonyl (C=O) groups is 2. The zero-order valence-electron chi connectivity index (χ0n) is 14.8. The van der Waals surface area contributed by atoms with Crippen LogP contribution in [0.2, 0.25) is 0 Å². The maximum atomic E-state index is 13.1. The molecule has 2 heterocycles. The summed E-state index contributed by atoms with van der Waals surface area (Å²) in [6, 6.07) is 11.6. The van der Waals surface area contributed by atoms with Crippen LogP contribution >= 0.6 is 11.3 Å². The largest absolute Gasteiger partial charge is 0.323 e. The zero-order valence-corrected chi connectivity index (χ0v) is 15.7. The first kappa shape index (κ1) is 17.6. The second-order valence-corrected chi connectivity index (χ2v) is 7.83. The maximum absolute atomic E-state index is 13.1. The van der Waals surface area contributed by atoms with Crippen LogP contribution in [-0.4, -0.2) is 30.4 Å². The van der Waals surface area contributed by atoms with Crippen LogP contribution in [0, 0.1) is 0 Å². The van der Waals surface area contributed by atoms with Crippen molar-refractivity contribution in [2.75, 3.05) is 23.3 Å². The number of likely N-dealkylation sites (N-methyl/N-ethyl adjacent to an activating group) is 1. The maximum Gasteiger partial charge on any atom is 0.283 e. The highest BCUT2D eigenvalue weighted by atomic mass is 32.1. The zero-order chi connectivity index (χ0) is 18.0. The Morgan fingerprint density at radius 2 is 2.00 bits per heavy atom. The average Bonchev–Trinajstić information content (AvgIpc) is 3.08. The van der Waals surface area contributed by atoms with Crippen molar-refractivity contribution in [2.24, 2.45) is 0 Å². The summed E-state index contributed by atoms with van der Waals surface area (Å²) in [7, 11) is 0. The lowest BCUT2D eigenvalue weighted by Crippen LogP contribution is -3.11. The van der Waals surface area contributed by atoms with Gasteiger partial charge in [0.1, 0.15) is 12.1 Å². The lowest BCUT2D eigenvalue weighted by molar-refractivity contribution is -0.903. The topological polar surface area (TPSA) is 53.9 Å². The van der Waals surface area contributed by atoms with Gasteiger partial charge >= 0.3 is 0 Å². The molecule has 1 unspecified atom stereocenters. The number of anilines is 2. The summed E-state index contributed by atoms with van der Waals surface area (Å²) in [5.41, 5.74) is 0.549. The van der Waals surface area contributed by atoms with Crippen molar-refractivity contribution in [1.82, 2.24) is 0 Å². The van der Waals surface area contributed by atoms with Gasteiger partial charge in [0.25, 0.3) is 5.91 Å². The van der Waals surface area contributed by atoms with Crippen LogP contribution in [0.4, 0.5) is 11.4 Å². The fourth-order valence-electron chi connectivity index (χ4n) is 3.16. The van der Waals surface area contributed by atoms with Gasteiger partial charge in [0, 0.05) is 0 Å². The Morgan fingerprint density at radius 3 is 2.68 bits per heavy atom. The van der Waals surface area contributed by atoms with E-state index < -0.39 is 5.54 Å². The molecule has 0 saturated carbocycles. The first-order valence-corrected chi connectivity index (χ1v) is 9.41. The second kappa shape index (κ2) is 6.98. The lowest BCUT2D eigenvalue weighted by Gasteiger charge is -2.42. The Labute approximate surface area is 152 Å². The minimum atomic E-state index is -0.910. The number of para-hydroxylation sites is 2. The molecule has 2 N–H and O–H groups in total. The quantitative estimate of drug-likeness (QED) is 0.858. The van der Waals surface area contributed by atoms with Gasteiger partial charge in [-0.3, -0.25) is 14.5 Å². The van der Waals surface area contributed by atoms with Crippen LogP contribution in [-0.2, 0) is 16.1 Å². The van der Waals surface area contributed by atoms with Crippen molar-refractivity contribution in [3.8, 4) is 0 Å². The number of hydrogen-bond acceptors (Lipinski definition) is 3. The highest BCUT2D eigenvalue weighted by Gasteiger charge is 2.44. The fourth-order valence-corrected chi connectivity index (χ4v) is 3.94. The molecule has 0 spiro atoms. The molecule has 1 aromatic carbocycles. The average molecular weight is 358 g/mol. The van der Waals surface area contributed by atoms with Gasteiger partial charge in [-0.2, -0.15) is 0 Å². The highest BCUT2D eigenvalue weighted by molar-refractivity contribution is 7.09. The summed E-state index contributed by atoms with van der Waals surface area (Å²) in [4.78, 5) is 29.8. The Bertz CT molecular complexity index is 771. The number of thiophene rings is 1. The molecule has 1 aromatic heterocycles. The highest BCUT2D eigenvalue weighted by Crippen LogP contribution is 2.36. The van der Waals surface area contributed by atoms with E-state index in [-0.39, 0.29) is 11.8 Å². The molecule has 2 aromatic rings. The number of carbonyl (C=O) groups excluding carboxylic acids is 2. The predicted molar refractivity (Wildman–Crippen MR) is 101 cm³/mol. The number of rotatable bonds is 5. The number of nitrogens with one attached hydrogen (secondary N) is 2. The van der Waals surface area contributed by atoms with Crippen molar-refractivity contribution in [3.63, 3.8) is 0 Å². The Balaban J connectivity index is 1.85. The Kier molecular flexibility index (Phi) is 4.92. The summed E-state index contributed by atoms with van der Waals surface area (Å²) < 4.78 is 0. The van der Waals surface area contributed by atoms with Crippen molar-refractivity contribution in [1.29, 1.82) is 0 Å². The molecule has 1 atom stereocenters. The first-order valence-electron chi connectivity index (χ1n) is 8.53. The number of amides is 2. The van der Waals surface area contributed by atoms with Gasteiger partial charge in [-0.1, -0.05) is 18.2 Å². The van der Waals surface area contributed by atoms with Crippen LogP contribution in [0.5, 0.6) is 0 Å². The third-order valence-corrected chi connectivity index (χ3v) is 5.54. The third-order valence-electron chi connectivity index (χ3n) is 4.66. The van der Waals surface area contributed by atoms with Crippen LogP contribution in [0.1, 0.15) is 25.6 Å². The number of benzene rings is 1. The Hall–Kier alpha value is -2.18. The SMILES string of the molecule is CC[NH+](CC(=O)N1c2ccccc2NC(=O)C1(C)C)Cc1cccs1. The smallest absolute Gasteiger partial charge is 0.283 e. The molecule has 0 bridgehead atoms. The number of nitrogens with zero attached hydrogens (tertiary/aromatic N) is 1. The van der Waals surface area contributed by atoms with Gasteiger partial charge in [-0.25, -0.2) is 0 Å². The number of hydrogen-bond donors (Lipinski definition) is 2. The van der Waals surface area contributed by atoms with Crippen LogP contribution in [0.3, 0.4) is 0 Å². The molecule has 0 radical (unpaired) electrons. The number of fused-ring (bicyclic) bond motifs is 1.